The van der Waals surface area contributed by atoms with Crippen LogP contribution in [0.4, 0.5) is 11.4 Å². The van der Waals surface area contributed by atoms with Crippen LogP contribution in [-0.4, -0.2) is 32.7 Å². The van der Waals surface area contributed by atoms with E-state index >= 15 is 0 Å². The zero-order chi connectivity index (χ0) is 19.4. The standard InChI is InChI=1S/C19H19ClN2O4S/c1-12-3-6-15(7-4-12)22-11-13-10-19(13,27(22,24)25)18(23)21-14-5-8-17(26-2)16(20)9-14/h3-9,13H,10-11H2,1-2H3,(H,21,23). The van der Waals surface area contributed by atoms with Crippen molar-refractivity contribution in [3.8, 4) is 5.75 Å². The van der Waals surface area contributed by atoms with Crippen LogP contribution >= 0.6 is 11.6 Å². The third-order valence-corrected chi connectivity index (χ3v) is 8.14. The highest BCUT2D eigenvalue weighted by molar-refractivity contribution is 7.95. The van der Waals surface area contributed by atoms with E-state index in [1.165, 1.54) is 11.4 Å². The number of nitrogens with one attached hydrogen (secondary N) is 1. The fourth-order valence-electron chi connectivity index (χ4n) is 3.66. The number of sulfonamides is 1. The van der Waals surface area contributed by atoms with E-state index in [1.807, 2.05) is 19.1 Å². The molecule has 8 heteroatoms. The van der Waals surface area contributed by atoms with Crippen molar-refractivity contribution in [2.75, 3.05) is 23.3 Å². The summed E-state index contributed by atoms with van der Waals surface area (Å²) in [4.78, 5) is 12.9. The van der Waals surface area contributed by atoms with E-state index in [2.05, 4.69) is 5.32 Å². The Balaban J connectivity index is 1.60. The molecule has 0 spiro atoms. The minimum absolute atomic E-state index is 0.211. The molecular weight excluding hydrogens is 388 g/mol. The first-order chi connectivity index (χ1) is 12.8. The number of aryl methyl sites for hydroxylation is 1. The molecule has 1 aliphatic carbocycles. The second kappa shape index (κ2) is 6.14. The van der Waals surface area contributed by atoms with Crippen LogP contribution in [0.1, 0.15) is 12.0 Å². The Morgan fingerprint density at radius 2 is 1.96 bits per heavy atom. The summed E-state index contributed by atoms with van der Waals surface area (Å²) in [7, 11) is -2.30. The van der Waals surface area contributed by atoms with Crippen LogP contribution < -0.4 is 14.4 Å². The fraction of sp³-hybridized carbons (Fsp3) is 0.316. The molecule has 1 amide bonds. The fourth-order valence-corrected chi connectivity index (χ4v) is 6.28. The molecule has 1 heterocycles. The molecule has 0 aromatic heterocycles. The van der Waals surface area contributed by atoms with Gasteiger partial charge in [0, 0.05) is 18.2 Å². The number of amides is 1. The highest BCUT2D eigenvalue weighted by Crippen LogP contribution is 2.58. The predicted molar refractivity (Wildman–Crippen MR) is 105 cm³/mol. The maximum atomic E-state index is 13.2. The summed E-state index contributed by atoms with van der Waals surface area (Å²) in [6.45, 7) is 2.26. The average molecular weight is 407 g/mol. The molecule has 1 N–H and O–H groups in total. The first kappa shape index (κ1) is 18.1. The lowest BCUT2D eigenvalue weighted by Crippen LogP contribution is -2.42. The summed E-state index contributed by atoms with van der Waals surface area (Å²) in [6.07, 6.45) is 0.341. The van der Waals surface area contributed by atoms with Crippen molar-refractivity contribution in [3.05, 3.63) is 53.1 Å². The minimum Gasteiger partial charge on any atom is -0.495 e. The molecule has 2 aromatic carbocycles. The van der Waals surface area contributed by atoms with Crippen LogP contribution in [-0.2, 0) is 14.8 Å². The number of fused-ring (bicyclic) bond motifs is 1. The molecular formula is C19H19ClN2O4S. The van der Waals surface area contributed by atoms with Gasteiger partial charge in [-0.1, -0.05) is 29.3 Å². The second-order valence-electron chi connectivity index (χ2n) is 6.97. The number of halogens is 1. The molecule has 2 unspecified atom stereocenters. The Labute approximate surface area is 163 Å². The summed E-state index contributed by atoms with van der Waals surface area (Å²) in [5, 5.41) is 3.05. The van der Waals surface area contributed by atoms with Gasteiger partial charge >= 0.3 is 0 Å². The molecule has 1 saturated heterocycles. The maximum Gasteiger partial charge on any atom is 0.250 e. The third-order valence-electron chi connectivity index (χ3n) is 5.30. The molecule has 1 saturated carbocycles. The zero-order valence-corrected chi connectivity index (χ0v) is 16.5. The van der Waals surface area contributed by atoms with Crippen molar-refractivity contribution in [2.45, 2.75) is 18.1 Å². The summed E-state index contributed by atoms with van der Waals surface area (Å²) in [6, 6.07) is 12.1. The SMILES string of the molecule is COc1ccc(NC(=O)C23CC2CN(c2ccc(C)cc2)S3(=O)=O)cc1Cl. The van der Waals surface area contributed by atoms with Gasteiger partial charge in [-0.15, -0.1) is 0 Å². The summed E-state index contributed by atoms with van der Waals surface area (Å²) < 4.78 is 31.4. The van der Waals surface area contributed by atoms with E-state index in [0.29, 0.717) is 35.1 Å². The number of benzene rings is 2. The van der Waals surface area contributed by atoms with Crippen LogP contribution in [0.25, 0.3) is 0 Å². The molecule has 6 nitrogen and oxygen atoms in total. The Bertz CT molecular complexity index is 1020. The summed E-state index contributed by atoms with van der Waals surface area (Å²) in [5.41, 5.74) is 2.08. The first-order valence-electron chi connectivity index (χ1n) is 8.53. The predicted octanol–water partition coefficient (Wildman–Crippen LogP) is 3.20. The summed E-state index contributed by atoms with van der Waals surface area (Å²) in [5.74, 6) is -0.239. The van der Waals surface area contributed by atoms with Crippen LogP contribution in [0, 0.1) is 12.8 Å². The van der Waals surface area contributed by atoms with Crippen LogP contribution in [0.2, 0.25) is 5.02 Å². The van der Waals surface area contributed by atoms with E-state index in [0.717, 1.165) is 5.56 Å². The van der Waals surface area contributed by atoms with Gasteiger partial charge < -0.3 is 10.1 Å². The third kappa shape index (κ3) is 2.68. The number of ether oxygens (including phenoxy) is 1. The van der Waals surface area contributed by atoms with Crippen molar-refractivity contribution >= 4 is 38.9 Å². The number of anilines is 2. The molecule has 27 heavy (non-hydrogen) atoms. The zero-order valence-electron chi connectivity index (χ0n) is 14.9. The molecule has 2 fully saturated rings. The quantitative estimate of drug-likeness (QED) is 0.845. The van der Waals surface area contributed by atoms with Gasteiger partial charge in [-0.2, -0.15) is 0 Å². The van der Waals surface area contributed by atoms with Gasteiger partial charge in [-0.25, -0.2) is 8.42 Å². The second-order valence-corrected chi connectivity index (χ2v) is 9.49. The number of methoxy groups -OCH3 is 1. The molecule has 0 radical (unpaired) electrons. The number of hydrogen-bond donors (Lipinski definition) is 1. The minimum atomic E-state index is -3.80. The Hall–Kier alpha value is -2.25. The van der Waals surface area contributed by atoms with E-state index in [1.54, 1.807) is 30.3 Å². The normalized spacial score (nSPS) is 25.0. The van der Waals surface area contributed by atoms with Crippen molar-refractivity contribution in [2.24, 2.45) is 5.92 Å². The molecule has 2 atom stereocenters. The molecule has 1 aliphatic heterocycles. The number of rotatable bonds is 4. The van der Waals surface area contributed by atoms with Crippen LogP contribution in [0.3, 0.4) is 0 Å². The lowest BCUT2D eigenvalue weighted by molar-refractivity contribution is -0.116. The van der Waals surface area contributed by atoms with Gasteiger partial charge in [0.05, 0.1) is 17.8 Å². The number of hydrogen-bond acceptors (Lipinski definition) is 4. The number of carbonyl (C=O) groups excluding carboxylic acids is 1. The van der Waals surface area contributed by atoms with E-state index in [4.69, 9.17) is 16.3 Å². The van der Waals surface area contributed by atoms with Crippen molar-refractivity contribution in [1.82, 2.24) is 0 Å². The Kier molecular flexibility index (Phi) is 4.12. The van der Waals surface area contributed by atoms with Crippen molar-refractivity contribution in [3.63, 3.8) is 0 Å². The molecule has 2 aliphatic rings. The number of nitrogens with zero attached hydrogens (tertiary/aromatic N) is 1. The lowest BCUT2D eigenvalue weighted by atomic mass is 10.2. The van der Waals surface area contributed by atoms with E-state index in [9.17, 15) is 13.2 Å². The molecule has 4 rings (SSSR count). The van der Waals surface area contributed by atoms with Gasteiger partial charge in [-0.05, 0) is 43.7 Å². The Morgan fingerprint density at radius 3 is 2.59 bits per heavy atom. The molecule has 142 valence electrons. The average Bonchev–Trinajstić information content (AvgIpc) is 3.32. The molecule has 0 bridgehead atoms. The van der Waals surface area contributed by atoms with Crippen LogP contribution in [0.5, 0.6) is 5.75 Å². The summed E-state index contributed by atoms with van der Waals surface area (Å²) >= 11 is 6.09. The lowest BCUT2D eigenvalue weighted by Gasteiger charge is -2.23. The Morgan fingerprint density at radius 1 is 1.26 bits per heavy atom. The van der Waals surface area contributed by atoms with Crippen molar-refractivity contribution in [1.29, 1.82) is 0 Å². The first-order valence-corrected chi connectivity index (χ1v) is 10.4. The van der Waals surface area contributed by atoms with Gasteiger partial charge in [0.25, 0.3) is 0 Å². The van der Waals surface area contributed by atoms with Gasteiger partial charge in [0.1, 0.15) is 5.75 Å². The number of carbonyl (C=O) groups is 1. The maximum absolute atomic E-state index is 13.2. The van der Waals surface area contributed by atoms with Gasteiger partial charge in [-0.3, -0.25) is 9.10 Å². The van der Waals surface area contributed by atoms with Gasteiger partial charge in [0.2, 0.25) is 15.9 Å². The van der Waals surface area contributed by atoms with E-state index < -0.39 is 20.7 Å². The largest absolute Gasteiger partial charge is 0.495 e. The highest BCUT2D eigenvalue weighted by atomic mass is 35.5. The van der Waals surface area contributed by atoms with Crippen LogP contribution in [0.15, 0.2) is 42.5 Å². The topological polar surface area (TPSA) is 75.7 Å². The van der Waals surface area contributed by atoms with Gasteiger partial charge in [0.15, 0.2) is 4.75 Å². The molecule has 2 aromatic rings. The highest BCUT2D eigenvalue weighted by Gasteiger charge is 2.75. The monoisotopic (exact) mass is 406 g/mol. The van der Waals surface area contributed by atoms with Crippen molar-refractivity contribution < 1.29 is 17.9 Å². The van der Waals surface area contributed by atoms with E-state index in [-0.39, 0.29) is 5.92 Å². The smallest absolute Gasteiger partial charge is 0.250 e.